The van der Waals surface area contributed by atoms with Gasteiger partial charge in [-0.1, -0.05) is 12.1 Å². The van der Waals surface area contributed by atoms with Crippen molar-refractivity contribution in [3.63, 3.8) is 0 Å². The van der Waals surface area contributed by atoms with Gasteiger partial charge in [-0.05, 0) is 55.0 Å². The van der Waals surface area contributed by atoms with Gasteiger partial charge in [-0.25, -0.2) is 28.3 Å². The van der Waals surface area contributed by atoms with Gasteiger partial charge in [-0.15, -0.1) is 0 Å². The number of nitrogen functional groups attached to an aromatic ring is 1. The van der Waals surface area contributed by atoms with Gasteiger partial charge in [0.25, 0.3) is 0 Å². The fraction of sp³-hybridized carbons (Fsp3) is 0.167. The topological polar surface area (TPSA) is 146 Å². The largest absolute Gasteiger partial charge is 0.478 e. The number of hydrogen-bond acceptors (Lipinski definition) is 7. The van der Waals surface area contributed by atoms with Crippen molar-refractivity contribution < 1.29 is 19.0 Å². The Bertz CT molecular complexity index is 1550. The number of dihydropyridines is 1. The highest BCUT2D eigenvalue weighted by Gasteiger charge is 2.14. The Morgan fingerprint density at radius 2 is 1.81 bits per heavy atom. The fourth-order valence-electron chi connectivity index (χ4n) is 3.53. The van der Waals surface area contributed by atoms with Crippen molar-refractivity contribution >= 4 is 11.7 Å². The van der Waals surface area contributed by atoms with E-state index in [0.717, 1.165) is 9.24 Å². The summed E-state index contributed by atoms with van der Waals surface area (Å²) in [5, 5.41) is 12.0. The second-order valence-electron chi connectivity index (χ2n) is 7.80. The Labute approximate surface area is 203 Å². The van der Waals surface area contributed by atoms with Crippen LogP contribution in [0.5, 0.6) is 5.75 Å². The molecule has 11 nitrogen and oxygen atoms in total. The number of halogens is 1. The molecule has 1 aliphatic rings. The van der Waals surface area contributed by atoms with Crippen molar-refractivity contribution in [2.45, 2.75) is 20.0 Å². The fourth-order valence-corrected chi connectivity index (χ4v) is 3.53. The smallest absolute Gasteiger partial charge is 0.353 e. The Hall–Kier alpha value is -4.87. The molecular formula is C24H23FN6O5. The molecule has 0 aliphatic carbocycles. The van der Waals surface area contributed by atoms with Gasteiger partial charge in [-0.3, -0.25) is 4.57 Å². The summed E-state index contributed by atoms with van der Waals surface area (Å²) >= 11 is 0. The predicted molar refractivity (Wildman–Crippen MR) is 128 cm³/mol. The zero-order chi connectivity index (χ0) is 25.8. The highest BCUT2D eigenvalue weighted by Crippen LogP contribution is 2.20. The van der Waals surface area contributed by atoms with E-state index < -0.39 is 23.2 Å². The minimum absolute atomic E-state index is 0.0111. The van der Waals surface area contributed by atoms with E-state index in [9.17, 15) is 18.8 Å². The van der Waals surface area contributed by atoms with Crippen LogP contribution in [0.15, 0.2) is 86.7 Å². The van der Waals surface area contributed by atoms with Gasteiger partial charge in [0.2, 0.25) is 5.62 Å². The molecule has 0 unspecified atom stereocenters. The summed E-state index contributed by atoms with van der Waals surface area (Å²) in [4.78, 5) is 41.2. The van der Waals surface area contributed by atoms with Crippen LogP contribution in [0.3, 0.4) is 0 Å². The van der Waals surface area contributed by atoms with Gasteiger partial charge in [0.1, 0.15) is 17.3 Å². The molecule has 12 heteroatoms. The third kappa shape index (κ3) is 5.12. The van der Waals surface area contributed by atoms with E-state index in [1.54, 1.807) is 31.2 Å². The van der Waals surface area contributed by atoms with E-state index in [4.69, 9.17) is 15.7 Å². The van der Waals surface area contributed by atoms with Crippen molar-refractivity contribution in [1.82, 2.24) is 19.1 Å². The van der Waals surface area contributed by atoms with Crippen molar-refractivity contribution in [2.75, 3.05) is 12.4 Å². The quantitative estimate of drug-likeness (QED) is 0.412. The molecule has 0 spiro atoms. The molecule has 0 bridgehead atoms. The SMILES string of the molecule is CCn1c(=O)n(N)c(=Nc2ccc(OC3=CC(C(=O)O)=CNC3)cc2)n(Cc2ccc(F)cc2)c1=O. The number of rotatable bonds is 7. The molecule has 1 aromatic heterocycles. The Balaban J connectivity index is 1.71. The summed E-state index contributed by atoms with van der Waals surface area (Å²) < 4.78 is 22.1. The van der Waals surface area contributed by atoms with Gasteiger partial charge < -0.3 is 21.0 Å². The number of nitrogens with zero attached hydrogens (tertiary/aromatic N) is 4. The number of ether oxygens (including phenoxy) is 1. The summed E-state index contributed by atoms with van der Waals surface area (Å²) in [6.07, 6.45) is 2.81. The molecule has 4 N–H and O–H groups in total. The zero-order valence-corrected chi connectivity index (χ0v) is 19.2. The van der Waals surface area contributed by atoms with E-state index in [0.29, 0.717) is 29.3 Å². The molecule has 4 rings (SSSR count). The zero-order valence-electron chi connectivity index (χ0n) is 19.2. The lowest BCUT2D eigenvalue weighted by atomic mass is 10.2. The third-order valence-electron chi connectivity index (χ3n) is 5.34. The van der Waals surface area contributed by atoms with Crippen LogP contribution in [0.4, 0.5) is 10.1 Å². The number of carboxylic acids is 1. The number of aliphatic carboxylic acids is 1. The second kappa shape index (κ2) is 10.2. The summed E-state index contributed by atoms with van der Waals surface area (Å²) in [6, 6.07) is 12.0. The maximum atomic E-state index is 13.3. The summed E-state index contributed by atoms with van der Waals surface area (Å²) in [7, 11) is 0. The van der Waals surface area contributed by atoms with Crippen LogP contribution in [-0.4, -0.2) is 31.4 Å². The summed E-state index contributed by atoms with van der Waals surface area (Å²) in [5.74, 6) is 5.37. The summed E-state index contributed by atoms with van der Waals surface area (Å²) in [6.45, 7) is 2.08. The number of benzene rings is 2. The van der Waals surface area contributed by atoms with Crippen molar-refractivity contribution in [1.29, 1.82) is 0 Å². The minimum Gasteiger partial charge on any atom is -0.478 e. The van der Waals surface area contributed by atoms with Crippen LogP contribution in [-0.2, 0) is 17.9 Å². The molecule has 0 saturated carbocycles. The molecule has 2 aromatic carbocycles. The maximum Gasteiger partial charge on any atom is 0.353 e. The van der Waals surface area contributed by atoms with Crippen LogP contribution in [0.25, 0.3) is 0 Å². The number of carbonyl (C=O) groups is 1. The molecule has 1 aliphatic heterocycles. The first-order chi connectivity index (χ1) is 17.3. The molecule has 0 radical (unpaired) electrons. The molecule has 186 valence electrons. The van der Waals surface area contributed by atoms with Crippen LogP contribution < -0.4 is 32.9 Å². The molecule has 0 amide bonds. The van der Waals surface area contributed by atoms with Crippen molar-refractivity contribution in [3.05, 3.63) is 110 Å². The van der Waals surface area contributed by atoms with E-state index in [-0.39, 0.29) is 24.3 Å². The van der Waals surface area contributed by atoms with Gasteiger partial charge in [0, 0.05) is 12.7 Å². The highest BCUT2D eigenvalue weighted by molar-refractivity contribution is 5.90. The number of nitrogens with two attached hydrogens (primary N) is 1. The number of nitrogens with one attached hydrogen (secondary N) is 1. The normalized spacial score (nSPS) is 13.6. The molecular weight excluding hydrogens is 471 g/mol. The first kappa shape index (κ1) is 24.3. The molecule has 2 heterocycles. The average Bonchev–Trinajstić information content (AvgIpc) is 2.87. The summed E-state index contributed by atoms with van der Waals surface area (Å²) in [5.41, 5.74) is -0.366. The lowest BCUT2D eigenvalue weighted by molar-refractivity contribution is -0.132. The second-order valence-corrected chi connectivity index (χ2v) is 7.80. The van der Waals surface area contributed by atoms with E-state index in [2.05, 4.69) is 10.3 Å². The Morgan fingerprint density at radius 3 is 2.44 bits per heavy atom. The Morgan fingerprint density at radius 1 is 1.11 bits per heavy atom. The highest BCUT2D eigenvalue weighted by atomic mass is 19.1. The van der Waals surface area contributed by atoms with Crippen molar-refractivity contribution in [2.24, 2.45) is 4.99 Å². The van der Waals surface area contributed by atoms with Gasteiger partial charge in [0.05, 0.1) is 24.4 Å². The lowest BCUT2D eigenvalue weighted by Gasteiger charge is -2.15. The van der Waals surface area contributed by atoms with Gasteiger partial charge in [0.15, 0.2) is 0 Å². The Kier molecular flexibility index (Phi) is 6.86. The van der Waals surface area contributed by atoms with Crippen LogP contribution >= 0.6 is 0 Å². The third-order valence-corrected chi connectivity index (χ3v) is 5.34. The first-order valence-corrected chi connectivity index (χ1v) is 10.9. The monoisotopic (exact) mass is 494 g/mol. The molecule has 36 heavy (non-hydrogen) atoms. The number of carboxylic acid groups (broad SMARTS) is 1. The average molecular weight is 494 g/mol. The lowest BCUT2D eigenvalue weighted by Crippen LogP contribution is -2.57. The van der Waals surface area contributed by atoms with Crippen LogP contribution in [0.2, 0.25) is 0 Å². The number of hydrogen-bond donors (Lipinski definition) is 3. The maximum absolute atomic E-state index is 13.3. The first-order valence-electron chi connectivity index (χ1n) is 10.9. The van der Waals surface area contributed by atoms with Gasteiger partial charge >= 0.3 is 17.3 Å². The van der Waals surface area contributed by atoms with Crippen LogP contribution in [0, 0.1) is 5.82 Å². The molecule has 0 saturated heterocycles. The van der Waals surface area contributed by atoms with Gasteiger partial charge in [-0.2, -0.15) is 4.68 Å². The molecule has 0 fully saturated rings. The standard InChI is InChI=1S/C24H23FN6O5/c1-2-29-23(34)30(14-15-3-5-17(25)6-4-15)22(31(26)24(29)35)28-18-7-9-19(10-8-18)36-20-11-16(21(32)33)12-27-13-20/h3-12,27H,2,13-14,26H2,1H3,(H,32,33). The minimum atomic E-state index is -1.08. The predicted octanol–water partition coefficient (Wildman–Crippen LogP) is 0.799. The molecule has 0 atom stereocenters. The molecule has 3 aromatic rings. The van der Waals surface area contributed by atoms with Crippen molar-refractivity contribution in [3.8, 4) is 5.75 Å². The number of aromatic nitrogens is 3. The van der Waals surface area contributed by atoms with Crippen LogP contribution in [0.1, 0.15) is 12.5 Å². The van der Waals surface area contributed by atoms with E-state index in [1.165, 1.54) is 41.1 Å². The van der Waals surface area contributed by atoms with E-state index in [1.807, 2.05) is 0 Å². The van der Waals surface area contributed by atoms with E-state index >= 15 is 0 Å².